The fraction of sp³-hybridized carbons (Fsp3) is 0.714. The number of rotatable bonds is 5. The molecule has 0 atom stereocenters. The van der Waals surface area contributed by atoms with E-state index < -0.39 is 0 Å². The first-order chi connectivity index (χ1) is 4.81. The van der Waals surface area contributed by atoms with Gasteiger partial charge in [-0.1, -0.05) is 43.0 Å². The van der Waals surface area contributed by atoms with Gasteiger partial charge in [0.25, 0.3) is 0 Å². The zero-order chi connectivity index (χ0) is 7.82. The van der Waals surface area contributed by atoms with E-state index in [2.05, 4.69) is 6.92 Å². The lowest BCUT2D eigenvalue weighted by Crippen LogP contribution is -1.77. The van der Waals surface area contributed by atoms with Gasteiger partial charge in [0.2, 0.25) is 0 Å². The Morgan fingerprint density at radius 3 is 2.70 bits per heavy atom. The smallest absolute Gasteiger partial charge is 0.0848 e. The van der Waals surface area contributed by atoms with Crippen molar-refractivity contribution in [1.29, 1.82) is 0 Å². The molecular weight excluding hydrogens is 187 g/mol. The summed E-state index contributed by atoms with van der Waals surface area (Å²) in [5.41, 5.74) is 1.41. The van der Waals surface area contributed by atoms with Crippen molar-refractivity contribution in [2.24, 2.45) is 0 Å². The van der Waals surface area contributed by atoms with Gasteiger partial charge in [-0.05, 0) is 12.2 Å². The van der Waals surface area contributed by atoms with Crippen LogP contribution in [-0.4, -0.2) is 5.75 Å². The van der Waals surface area contributed by atoms with Crippen LogP contribution in [0.4, 0.5) is 0 Å². The summed E-state index contributed by atoms with van der Waals surface area (Å²) < 4.78 is 0.692. The first-order valence-electron chi connectivity index (χ1n) is 3.40. The van der Waals surface area contributed by atoms with Gasteiger partial charge in [0.15, 0.2) is 0 Å². The van der Waals surface area contributed by atoms with Crippen molar-refractivity contribution in [3.63, 3.8) is 0 Å². The van der Waals surface area contributed by atoms with Crippen LogP contribution in [0.5, 0.6) is 0 Å². The van der Waals surface area contributed by atoms with E-state index >= 15 is 0 Å². The number of unbranched alkanes of at least 4 members (excludes halogenated alkanes) is 2. The summed E-state index contributed by atoms with van der Waals surface area (Å²) in [6.07, 6.45) is 3.75. The second-order valence-corrected chi connectivity index (χ2v) is 3.96. The Morgan fingerprint density at radius 2 is 2.20 bits per heavy atom. The van der Waals surface area contributed by atoms with E-state index in [1.165, 1.54) is 24.8 Å². The maximum absolute atomic E-state index is 5.64. The molecule has 0 radical (unpaired) electrons. The number of hydrogen-bond acceptors (Lipinski definition) is 1. The topological polar surface area (TPSA) is 0 Å². The predicted molar refractivity (Wildman–Crippen MR) is 51.8 cm³/mol. The van der Waals surface area contributed by atoms with Crippen molar-refractivity contribution in [3.8, 4) is 0 Å². The van der Waals surface area contributed by atoms with Gasteiger partial charge in [0.05, 0.1) is 4.36 Å². The second kappa shape index (κ2) is 7.77. The molecule has 0 aromatic carbocycles. The molecule has 60 valence electrons. The van der Waals surface area contributed by atoms with Gasteiger partial charge in [-0.2, -0.15) is 0 Å². The molecule has 0 aliphatic rings. The summed E-state index contributed by atoms with van der Waals surface area (Å²) in [7, 11) is 0. The third-order valence-corrected chi connectivity index (χ3v) is 2.86. The highest BCUT2D eigenvalue weighted by Gasteiger charge is 1.91. The molecule has 0 amide bonds. The molecule has 0 aromatic heterocycles. The lowest BCUT2D eigenvalue weighted by molar-refractivity contribution is 0.779. The van der Waals surface area contributed by atoms with Crippen LogP contribution in [0.15, 0.2) is 9.90 Å². The minimum absolute atomic E-state index is 0.692. The van der Waals surface area contributed by atoms with Crippen LogP contribution in [0.25, 0.3) is 0 Å². The zero-order valence-electron chi connectivity index (χ0n) is 6.07. The molecule has 10 heavy (non-hydrogen) atoms. The quantitative estimate of drug-likeness (QED) is 0.598. The molecule has 3 heteroatoms. The highest BCUT2D eigenvalue weighted by Crippen LogP contribution is 2.21. The van der Waals surface area contributed by atoms with E-state index in [0.717, 1.165) is 5.75 Å². The monoisotopic (exact) mass is 198 g/mol. The van der Waals surface area contributed by atoms with E-state index in [1.54, 1.807) is 11.8 Å². The van der Waals surface area contributed by atoms with Crippen molar-refractivity contribution in [2.45, 2.75) is 26.2 Å². The van der Waals surface area contributed by atoms with Gasteiger partial charge in [-0.15, -0.1) is 11.8 Å². The fourth-order valence-electron chi connectivity index (χ4n) is 0.553. The standard InChI is InChI=1S/C7H12Cl2S/c1-2-3-4-5-10-7(9)6-8/h6H,2-5H2,1H3/b7-6-. The van der Waals surface area contributed by atoms with Gasteiger partial charge in [0.1, 0.15) is 0 Å². The average molecular weight is 199 g/mol. The lowest BCUT2D eigenvalue weighted by Gasteiger charge is -1.96. The number of hydrogen-bond donors (Lipinski definition) is 0. The van der Waals surface area contributed by atoms with Gasteiger partial charge < -0.3 is 0 Å². The Hall–Kier alpha value is 0.670. The third kappa shape index (κ3) is 6.79. The third-order valence-electron chi connectivity index (χ3n) is 1.07. The van der Waals surface area contributed by atoms with Crippen LogP contribution >= 0.6 is 35.0 Å². The summed E-state index contributed by atoms with van der Waals surface area (Å²) in [6, 6.07) is 0. The minimum Gasteiger partial charge on any atom is -0.113 e. The van der Waals surface area contributed by atoms with Gasteiger partial charge >= 0.3 is 0 Å². The lowest BCUT2D eigenvalue weighted by atomic mass is 10.3. The van der Waals surface area contributed by atoms with Gasteiger partial charge in [0, 0.05) is 5.54 Å². The molecule has 0 unspecified atom stereocenters. The van der Waals surface area contributed by atoms with Crippen LogP contribution in [0.1, 0.15) is 26.2 Å². The molecule has 0 saturated heterocycles. The largest absolute Gasteiger partial charge is 0.113 e. The highest BCUT2D eigenvalue weighted by atomic mass is 35.5. The van der Waals surface area contributed by atoms with E-state index in [-0.39, 0.29) is 0 Å². The Labute approximate surface area is 77.0 Å². The van der Waals surface area contributed by atoms with Crippen molar-refractivity contribution in [3.05, 3.63) is 9.90 Å². The molecule has 0 saturated carbocycles. The molecule has 0 nitrogen and oxygen atoms in total. The van der Waals surface area contributed by atoms with Crippen LogP contribution in [0, 0.1) is 0 Å². The fourth-order valence-corrected chi connectivity index (χ4v) is 1.58. The van der Waals surface area contributed by atoms with Crippen molar-refractivity contribution in [1.82, 2.24) is 0 Å². The number of halogens is 2. The van der Waals surface area contributed by atoms with Crippen LogP contribution < -0.4 is 0 Å². The first kappa shape index (κ1) is 10.7. The van der Waals surface area contributed by atoms with Crippen molar-refractivity contribution < 1.29 is 0 Å². The molecule has 0 N–H and O–H groups in total. The van der Waals surface area contributed by atoms with Crippen LogP contribution in [0.2, 0.25) is 0 Å². The summed E-state index contributed by atoms with van der Waals surface area (Å²) in [4.78, 5) is 0. The Morgan fingerprint density at radius 1 is 1.50 bits per heavy atom. The maximum atomic E-state index is 5.64. The molecule has 0 heterocycles. The number of thioether (sulfide) groups is 1. The Kier molecular flexibility index (Phi) is 8.29. The summed E-state index contributed by atoms with van der Waals surface area (Å²) in [5, 5.41) is 0. The minimum atomic E-state index is 0.692. The highest BCUT2D eigenvalue weighted by molar-refractivity contribution is 8.04. The predicted octanol–water partition coefficient (Wildman–Crippen LogP) is 4.19. The van der Waals surface area contributed by atoms with Crippen LogP contribution in [0.3, 0.4) is 0 Å². The second-order valence-electron chi connectivity index (χ2n) is 1.97. The first-order valence-corrected chi connectivity index (χ1v) is 5.20. The SMILES string of the molecule is CCCCCS/C(Cl)=C\Cl. The summed E-state index contributed by atoms with van der Waals surface area (Å²) >= 11 is 12.6. The van der Waals surface area contributed by atoms with E-state index in [9.17, 15) is 0 Å². The molecule has 0 aliphatic heterocycles. The van der Waals surface area contributed by atoms with Crippen LogP contribution in [-0.2, 0) is 0 Å². The average Bonchev–Trinajstić information content (AvgIpc) is 1.98. The normalized spacial score (nSPS) is 12.1. The maximum Gasteiger partial charge on any atom is 0.0848 e. The van der Waals surface area contributed by atoms with E-state index in [1.807, 2.05) is 0 Å². The van der Waals surface area contributed by atoms with E-state index in [4.69, 9.17) is 23.2 Å². The Balaban J connectivity index is 3.04. The molecular formula is C7H12Cl2S. The van der Waals surface area contributed by atoms with Crippen molar-refractivity contribution in [2.75, 3.05) is 5.75 Å². The Bertz CT molecular complexity index is 102. The van der Waals surface area contributed by atoms with E-state index in [0.29, 0.717) is 4.36 Å². The summed E-state index contributed by atoms with van der Waals surface area (Å²) in [6.45, 7) is 2.18. The van der Waals surface area contributed by atoms with Gasteiger partial charge in [-0.3, -0.25) is 0 Å². The molecule has 0 spiro atoms. The molecule has 0 fully saturated rings. The summed E-state index contributed by atoms with van der Waals surface area (Å²) in [5.74, 6) is 1.08. The molecule has 0 rings (SSSR count). The zero-order valence-corrected chi connectivity index (χ0v) is 8.40. The molecule has 0 aliphatic carbocycles. The molecule has 0 bridgehead atoms. The molecule has 0 aromatic rings. The van der Waals surface area contributed by atoms with Gasteiger partial charge in [-0.25, -0.2) is 0 Å². The van der Waals surface area contributed by atoms with Crippen molar-refractivity contribution >= 4 is 35.0 Å².